The number of aromatic nitrogens is 1. The first-order valence-electron chi connectivity index (χ1n) is 8.26. The molecule has 26 heavy (non-hydrogen) atoms. The largest absolute Gasteiger partial charge is 0.467 e. The Morgan fingerprint density at radius 1 is 1.31 bits per heavy atom. The van der Waals surface area contributed by atoms with E-state index >= 15 is 0 Å². The number of carbonyl (C=O) groups is 1. The molecule has 140 valence electrons. The molecule has 0 aromatic carbocycles. The third-order valence-corrected chi connectivity index (χ3v) is 4.02. The molecular weight excluding hydrogens is 447 g/mol. The molecule has 1 aliphatic carbocycles. The normalized spacial score (nSPS) is 13.7. The van der Waals surface area contributed by atoms with Crippen LogP contribution in [0.4, 0.5) is 0 Å². The van der Waals surface area contributed by atoms with Crippen molar-refractivity contribution < 1.29 is 13.9 Å². The number of nitrogens with one attached hydrogen (secondary N) is 2. The Hall–Kier alpha value is -2.10. The number of ether oxygens (including phenoxy) is 1. The molecule has 3 rings (SSSR count). The van der Waals surface area contributed by atoms with Gasteiger partial charge in [0.2, 0.25) is 0 Å². The molecule has 0 atom stereocenters. The molecule has 0 unspecified atom stereocenters. The molecule has 1 saturated carbocycles. The fraction of sp³-hybridized carbons (Fsp3) is 0.389. The van der Waals surface area contributed by atoms with Crippen LogP contribution in [0, 0.1) is 0 Å². The van der Waals surface area contributed by atoms with Crippen LogP contribution in [-0.4, -0.2) is 31.1 Å². The Bertz CT molecular complexity index is 758. The van der Waals surface area contributed by atoms with Crippen LogP contribution in [0.5, 0.6) is 0 Å². The van der Waals surface area contributed by atoms with Crippen LogP contribution in [0.15, 0.2) is 39.9 Å². The van der Waals surface area contributed by atoms with Gasteiger partial charge in [0.25, 0.3) is 0 Å². The maximum Gasteiger partial charge on any atom is 0.339 e. The number of methoxy groups -OCH3 is 1. The summed E-state index contributed by atoms with van der Waals surface area (Å²) in [5.74, 6) is 1.53. The lowest BCUT2D eigenvalue weighted by molar-refractivity contribution is 0.0598. The van der Waals surface area contributed by atoms with Crippen LogP contribution < -0.4 is 10.6 Å². The number of hydrogen-bond donors (Lipinski definition) is 2. The summed E-state index contributed by atoms with van der Waals surface area (Å²) < 4.78 is 10.1. The van der Waals surface area contributed by atoms with Gasteiger partial charge in [-0.3, -0.25) is 9.98 Å². The van der Waals surface area contributed by atoms with Crippen molar-refractivity contribution in [1.82, 2.24) is 15.6 Å². The first-order valence-corrected chi connectivity index (χ1v) is 8.26. The summed E-state index contributed by atoms with van der Waals surface area (Å²) >= 11 is 0. The van der Waals surface area contributed by atoms with E-state index in [-0.39, 0.29) is 29.9 Å². The van der Waals surface area contributed by atoms with E-state index in [9.17, 15) is 4.79 Å². The van der Waals surface area contributed by atoms with Crippen molar-refractivity contribution in [3.8, 4) is 0 Å². The summed E-state index contributed by atoms with van der Waals surface area (Å²) in [5.41, 5.74) is 2.26. The summed E-state index contributed by atoms with van der Waals surface area (Å²) in [4.78, 5) is 20.7. The fourth-order valence-electron chi connectivity index (χ4n) is 2.55. The van der Waals surface area contributed by atoms with Crippen molar-refractivity contribution in [2.24, 2.45) is 4.99 Å². The second-order valence-electron chi connectivity index (χ2n) is 5.86. The SMILES string of the molecule is CN=C(NCc1ccc(C(=O)OC)c(C2CC2)n1)NCc1ccco1.I. The molecule has 0 amide bonds. The summed E-state index contributed by atoms with van der Waals surface area (Å²) in [7, 11) is 3.10. The summed E-state index contributed by atoms with van der Waals surface area (Å²) in [6, 6.07) is 7.38. The molecule has 7 nitrogen and oxygen atoms in total. The van der Waals surface area contributed by atoms with Gasteiger partial charge in [0.15, 0.2) is 5.96 Å². The van der Waals surface area contributed by atoms with Crippen LogP contribution in [0.2, 0.25) is 0 Å². The minimum Gasteiger partial charge on any atom is -0.467 e. The van der Waals surface area contributed by atoms with Crippen molar-refractivity contribution >= 4 is 35.9 Å². The van der Waals surface area contributed by atoms with E-state index in [2.05, 4.69) is 20.6 Å². The molecule has 2 N–H and O–H groups in total. The topological polar surface area (TPSA) is 88.8 Å². The molecule has 0 saturated heterocycles. The van der Waals surface area contributed by atoms with Gasteiger partial charge in [0.1, 0.15) is 5.76 Å². The van der Waals surface area contributed by atoms with Crippen molar-refractivity contribution in [3.05, 3.63) is 53.2 Å². The van der Waals surface area contributed by atoms with E-state index in [1.807, 2.05) is 18.2 Å². The minimum atomic E-state index is -0.329. The zero-order valence-corrected chi connectivity index (χ0v) is 17.2. The maximum absolute atomic E-state index is 11.9. The minimum absolute atomic E-state index is 0. The number of carbonyl (C=O) groups excluding carboxylic acids is 1. The molecule has 2 heterocycles. The quantitative estimate of drug-likeness (QED) is 0.292. The lowest BCUT2D eigenvalue weighted by Crippen LogP contribution is -2.36. The van der Waals surface area contributed by atoms with E-state index in [1.54, 1.807) is 19.4 Å². The van der Waals surface area contributed by atoms with E-state index in [1.165, 1.54) is 7.11 Å². The molecule has 1 fully saturated rings. The van der Waals surface area contributed by atoms with E-state index < -0.39 is 0 Å². The Labute approximate surface area is 169 Å². The molecule has 2 aromatic rings. The van der Waals surface area contributed by atoms with Gasteiger partial charge in [-0.15, -0.1) is 24.0 Å². The summed E-state index contributed by atoms with van der Waals surface area (Å²) in [5, 5.41) is 6.39. The molecule has 0 spiro atoms. The maximum atomic E-state index is 11.9. The lowest BCUT2D eigenvalue weighted by Gasteiger charge is -2.12. The number of hydrogen-bond acceptors (Lipinski definition) is 5. The van der Waals surface area contributed by atoms with Crippen LogP contribution >= 0.6 is 24.0 Å². The van der Waals surface area contributed by atoms with E-state index in [0.29, 0.717) is 30.5 Å². The van der Waals surface area contributed by atoms with Crippen LogP contribution in [-0.2, 0) is 17.8 Å². The van der Waals surface area contributed by atoms with Gasteiger partial charge in [-0.25, -0.2) is 4.79 Å². The molecule has 0 radical (unpaired) electrons. The second kappa shape index (κ2) is 9.56. The first kappa shape index (κ1) is 20.2. The fourth-order valence-corrected chi connectivity index (χ4v) is 2.55. The van der Waals surface area contributed by atoms with Crippen molar-refractivity contribution in [2.45, 2.75) is 31.8 Å². The molecule has 1 aliphatic rings. The van der Waals surface area contributed by atoms with Crippen LogP contribution in [0.1, 0.15) is 46.3 Å². The zero-order chi connectivity index (χ0) is 17.6. The molecule has 2 aromatic heterocycles. The third-order valence-electron chi connectivity index (χ3n) is 4.02. The van der Waals surface area contributed by atoms with Gasteiger partial charge in [-0.1, -0.05) is 0 Å². The highest BCUT2D eigenvalue weighted by molar-refractivity contribution is 14.0. The van der Waals surface area contributed by atoms with Crippen LogP contribution in [0.25, 0.3) is 0 Å². The van der Waals surface area contributed by atoms with Crippen molar-refractivity contribution in [2.75, 3.05) is 14.2 Å². The predicted octanol–water partition coefficient (Wildman–Crippen LogP) is 2.82. The van der Waals surface area contributed by atoms with Gasteiger partial charge in [0, 0.05) is 13.0 Å². The van der Waals surface area contributed by atoms with Crippen LogP contribution in [0.3, 0.4) is 0 Å². The van der Waals surface area contributed by atoms with Gasteiger partial charge in [0.05, 0.1) is 43.4 Å². The number of esters is 1. The molecular formula is C18H23IN4O3. The Balaban J connectivity index is 0.00000243. The van der Waals surface area contributed by atoms with Gasteiger partial charge in [-0.05, 0) is 37.1 Å². The molecule has 8 heteroatoms. The predicted molar refractivity (Wildman–Crippen MR) is 109 cm³/mol. The number of halogens is 1. The standard InChI is InChI=1S/C18H22N4O3.HI/c1-19-18(21-11-14-4-3-9-25-14)20-10-13-7-8-15(17(23)24-2)16(22-13)12-5-6-12;/h3-4,7-9,12H,5-6,10-11H2,1-2H3,(H2,19,20,21);1H. The average Bonchev–Trinajstić information content (AvgIpc) is 3.37. The monoisotopic (exact) mass is 470 g/mol. The Morgan fingerprint density at radius 2 is 2.08 bits per heavy atom. The van der Waals surface area contributed by atoms with Gasteiger partial charge in [-0.2, -0.15) is 0 Å². The van der Waals surface area contributed by atoms with E-state index in [0.717, 1.165) is 30.0 Å². The van der Waals surface area contributed by atoms with Crippen molar-refractivity contribution in [3.63, 3.8) is 0 Å². The highest BCUT2D eigenvalue weighted by Gasteiger charge is 2.30. The Kier molecular flexibility index (Phi) is 7.43. The molecule has 0 bridgehead atoms. The second-order valence-corrected chi connectivity index (χ2v) is 5.86. The van der Waals surface area contributed by atoms with E-state index in [4.69, 9.17) is 9.15 Å². The van der Waals surface area contributed by atoms with Gasteiger partial charge < -0.3 is 19.8 Å². The number of furan rings is 1. The first-order chi connectivity index (χ1) is 12.2. The third kappa shape index (κ3) is 5.20. The smallest absolute Gasteiger partial charge is 0.339 e. The lowest BCUT2D eigenvalue weighted by atomic mass is 10.1. The molecule has 0 aliphatic heterocycles. The summed E-state index contributed by atoms with van der Waals surface area (Å²) in [6.45, 7) is 1.06. The number of pyridine rings is 1. The Morgan fingerprint density at radius 3 is 2.69 bits per heavy atom. The number of nitrogens with zero attached hydrogens (tertiary/aromatic N) is 2. The number of guanidine groups is 1. The highest BCUT2D eigenvalue weighted by atomic mass is 127. The average molecular weight is 470 g/mol. The van der Waals surface area contributed by atoms with Crippen molar-refractivity contribution in [1.29, 1.82) is 0 Å². The summed E-state index contributed by atoms with van der Waals surface area (Å²) in [6.07, 6.45) is 3.78. The number of rotatable bonds is 6. The highest BCUT2D eigenvalue weighted by Crippen LogP contribution is 2.40. The zero-order valence-electron chi connectivity index (χ0n) is 14.8. The van der Waals surface area contributed by atoms with Gasteiger partial charge >= 0.3 is 5.97 Å². The number of aliphatic imine (C=N–C) groups is 1.